The molecule has 98 valence electrons. The molecule has 3 N–H and O–H groups in total. The van der Waals surface area contributed by atoms with E-state index in [1.54, 1.807) is 4.90 Å². The van der Waals surface area contributed by atoms with Gasteiger partial charge in [0.25, 0.3) is 5.91 Å². The van der Waals surface area contributed by atoms with Crippen molar-refractivity contribution in [1.29, 1.82) is 0 Å². The van der Waals surface area contributed by atoms with Crippen LogP contribution in [0, 0.1) is 5.92 Å². The lowest BCUT2D eigenvalue weighted by molar-refractivity contribution is 0.0781. The Morgan fingerprint density at radius 2 is 2.11 bits per heavy atom. The number of benzene rings is 1. The molecule has 1 amide bonds. The van der Waals surface area contributed by atoms with Crippen LogP contribution >= 0.6 is 0 Å². The summed E-state index contributed by atoms with van der Waals surface area (Å²) >= 11 is 0. The third-order valence-electron chi connectivity index (χ3n) is 3.30. The molecule has 0 bridgehead atoms. The largest absolute Gasteiger partial charge is 0.507 e. The van der Waals surface area contributed by atoms with Crippen LogP contribution in [0.15, 0.2) is 18.2 Å². The van der Waals surface area contributed by atoms with Crippen LogP contribution in [0.3, 0.4) is 0 Å². The Bertz CT molecular complexity index is 428. The zero-order valence-corrected chi connectivity index (χ0v) is 10.4. The molecule has 0 radical (unpaired) electrons. The SMILES string of the molecule is CNCC1CCN(C(=O)c2c(O)cccc2O)C1. The van der Waals surface area contributed by atoms with E-state index in [0.29, 0.717) is 19.0 Å². The maximum absolute atomic E-state index is 12.2. The maximum Gasteiger partial charge on any atom is 0.261 e. The topological polar surface area (TPSA) is 72.8 Å². The molecular weight excluding hydrogens is 232 g/mol. The second-order valence-corrected chi connectivity index (χ2v) is 4.63. The quantitative estimate of drug-likeness (QED) is 0.741. The molecule has 0 spiro atoms. The van der Waals surface area contributed by atoms with E-state index < -0.39 is 0 Å². The first-order valence-corrected chi connectivity index (χ1v) is 6.08. The van der Waals surface area contributed by atoms with Crippen molar-refractivity contribution in [3.05, 3.63) is 23.8 Å². The van der Waals surface area contributed by atoms with E-state index in [0.717, 1.165) is 13.0 Å². The molecule has 0 aromatic heterocycles. The highest BCUT2D eigenvalue weighted by molar-refractivity contribution is 5.99. The van der Waals surface area contributed by atoms with Gasteiger partial charge in [-0.3, -0.25) is 4.79 Å². The fourth-order valence-corrected chi connectivity index (χ4v) is 2.38. The second kappa shape index (κ2) is 5.27. The molecule has 1 saturated heterocycles. The van der Waals surface area contributed by atoms with E-state index in [2.05, 4.69) is 5.32 Å². The van der Waals surface area contributed by atoms with E-state index in [4.69, 9.17) is 0 Å². The third-order valence-corrected chi connectivity index (χ3v) is 3.30. The van der Waals surface area contributed by atoms with Gasteiger partial charge in [-0.2, -0.15) is 0 Å². The summed E-state index contributed by atoms with van der Waals surface area (Å²) in [7, 11) is 1.89. The number of nitrogens with one attached hydrogen (secondary N) is 1. The first-order valence-electron chi connectivity index (χ1n) is 6.08. The van der Waals surface area contributed by atoms with Crippen molar-refractivity contribution in [3.8, 4) is 11.5 Å². The number of phenolic OH excluding ortho intramolecular Hbond substituents is 2. The van der Waals surface area contributed by atoms with Gasteiger partial charge >= 0.3 is 0 Å². The molecule has 1 fully saturated rings. The van der Waals surface area contributed by atoms with Gasteiger partial charge in [0.2, 0.25) is 0 Å². The number of aromatic hydroxyl groups is 2. The smallest absolute Gasteiger partial charge is 0.261 e. The Morgan fingerprint density at radius 1 is 1.44 bits per heavy atom. The molecule has 1 heterocycles. The van der Waals surface area contributed by atoms with Crippen LogP contribution in [0.4, 0.5) is 0 Å². The number of nitrogens with zero attached hydrogens (tertiary/aromatic N) is 1. The van der Waals surface area contributed by atoms with E-state index in [-0.39, 0.29) is 23.0 Å². The highest BCUT2D eigenvalue weighted by atomic mass is 16.3. The van der Waals surface area contributed by atoms with Crippen LogP contribution in [0.2, 0.25) is 0 Å². The zero-order chi connectivity index (χ0) is 13.1. The number of carbonyl (C=O) groups is 1. The highest BCUT2D eigenvalue weighted by Crippen LogP contribution is 2.29. The van der Waals surface area contributed by atoms with Crippen LogP contribution < -0.4 is 5.32 Å². The van der Waals surface area contributed by atoms with Crippen molar-refractivity contribution in [3.63, 3.8) is 0 Å². The van der Waals surface area contributed by atoms with Gasteiger partial charge in [-0.05, 0) is 38.1 Å². The summed E-state index contributed by atoms with van der Waals surface area (Å²) in [4.78, 5) is 13.9. The van der Waals surface area contributed by atoms with Crippen LogP contribution in [-0.4, -0.2) is 47.7 Å². The number of rotatable bonds is 3. The average molecular weight is 250 g/mol. The van der Waals surface area contributed by atoms with Crippen LogP contribution in [-0.2, 0) is 0 Å². The summed E-state index contributed by atoms with van der Waals surface area (Å²) < 4.78 is 0. The molecule has 1 aromatic carbocycles. The summed E-state index contributed by atoms with van der Waals surface area (Å²) in [5.41, 5.74) is 0.00241. The lowest BCUT2D eigenvalue weighted by Gasteiger charge is -2.17. The Kier molecular flexibility index (Phi) is 3.72. The lowest BCUT2D eigenvalue weighted by Crippen LogP contribution is -2.30. The molecule has 2 rings (SSSR count). The summed E-state index contributed by atoms with van der Waals surface area (Å²) in [5, 5.41) is 22.4. The first kappa shape index (κ1) is 12.7. The van der Waals surface area contributed by atoms with Gasteiger partial charge in [0.05, 0.1) is 0 Å². The zero-order valence-electron chi connectivity index (χ0n) is 10.4. The number of hydrogen-bond donors (Lipinski definition) is 3. The molecule has 1 atom stereocenters. The fraction of sp³-hybridized carbons (Fsp3) is 0.462. The summed E-state index contributed by atoms with van der Waals surface area (Å²) in [6.07, 6.45) is 0.945. The Balaban J connectivity index is 2.13. The average Bonchev–Trinajstić information content (AvgIpc) is 2.78. The predicted octanol–water partition coefficient (Wildman–Crippen LogP) is 0.779. The molecule has 1 aliphatic heterocycles. The first-order chi connectivity index (χ1) is 8.63. The Hall–Kier alpha value is -1.75. The summed E-state index contributed by atoms with van der Waals surface area (Å²) in [5.74, 6) is -0.203. The van der Waals surface area contributed by atoms with E-state index >= 15 is 0 Å². The van der Waals surface area contributed by atoms with Crippen molar-refractivity contribution >= 4 is 5.91 Å². The fourth-order valence-electron chi connectivity index (χ4n) is 2.38. The molecule has 1 aliphatic rings. The van der Waals surface area contributed by atoms with Gasteiger partial charge in [0.15, 0.2) is 0 Å². The van der Waals surface area contributed by atoms with Gasteiger partial charge in [0.1, 0.15) is 17.1 Å². The molecule has 1 aromatic rings. The Labute approximate surface area is 106 Å². The summed E-state index contributed by atoms with van der Waals surface area (Å²) in [6, 6.07) is 4.33. The van der Waals surface area contributed by atoms with Crippen LogP contribution in [0.5, 0.6) is 11.5 Å². The number of carbonyl (C=O) groups excluding carboxylic acids is 1. The minimum absolute atomic E-state index is 0.00241. The monoisotopic (exact) mass is 250 g/mol. The minimum atomic E-state index is -0.302. The molecule has 18 heavy (non-hydrogen) atoms. The molecule has 5 nitrogen and oxygen atoms in total. The molecule has 1 unspecified atom stereocenters. The van der Waals surface area contributed by atoms with Crippen molar-refractivity contribution < 1.29 is 15.0 Å². The Morgan fingerprint density at radius 3 is 2.72 bits per heavy atom. The predicted molar refractivity (Wildman–Crippen MR) is 67.7 cm³/mol. The van der Waals surface area contributed by atoms with Crippen LogP contribution in [0.25, 0.3) is 0 Å². The van der Waals surface area contributed by atoms with Gasteiger partial charge in [-0.1, -0.05) is 6.07 Å². The molecule has 5 heteroatoms. The van der Waals surface area contributed by atoms with Crippen molar-refractivity contribution in [2.75, 3.05) is 26.7 Å². The van der Waals surface area contributed by atoms with Gasteiger partial charge in [0, 0.05) is 13.1 Å². The number of hydrogen-bond acceptors (Lipinski definition) is 4. The van der Waals surface area contributed by atoms with Gasteiger partial charge < -0.3 is 20.4 Å². The number of likely N-dealkylation sites (tertiary alicyclic amines) is 1. The standard InChI is InChI=1S/C13H18N2O3/c1-14-7-9-5-6-15(8-9)13(18)12-10(16)3-2-4-11(12)17/h2-4,9,14,16-17H,5-8H2,1H3. The van der Waals surface area contributed by atoms with Crippen molar-refractivity contribution in [2.24, 2.45) is 5.92 Å². The minimum Gasteiger partial charge on any atom is -0.507 e. The van der Waals surface area contributed by atoms with Crippen LogP contribution in [0.1, 0.15) is 16.8 Å². The van der Waals surface area contributed by atoms with E-state index in [1.165, 1.54) is 18.2 Å². The molecule has 0 aliphatic carbocycles. The van der Waals surface area contributed by atoms with Gasteiger partial charge in [-0.25, -0.2) is 0 Å². The van der Waals surface area contributed by atoms with Gasteiger partial charge in [-0.15, -0.1) is 0 Å². The number of amides is 1. The molecule has 0 saturated carbocycles. The van der Waals surface area contributed by atoms with E-state index in [1.807, 2.05) is 7.05 Å². The van der Waals surface area contributed by atoms with Crippen molar-refractivity contribution in [1.82, 2.24) is 10.2 Å². The number of phenols is 2. The normalized spacial score (nSPS) is 19.2. The molecular formula is C13H18N2O3. The third kappa shape index (κ3) is 2.41. The van der Waals surface area contributed by atoms with E-state index in [9.17, 15) is 15.0 Å². The second-order valence-electron chi connectivity index (χ2n) is 4.63. The lowest BCUT2D eigenvalue weighted by atomic mass is 10.1. The highest BCUT2D eigenvalue weighted by Gasteiger charge is 2.29. The van der Waals surface area contributed by atoms with Crippen molar-refractivity contribution in [2.45, 2.75) is 6.42 Å². The maximum atomic E-state index is 12.2. The summed E-state index contributed by atoms with van der Waals surface area (Å²) in [6.45, 7) is 2.20.